The van der Waals surface area contributed by atoms with Crippen LogP contribution in [0, 0.1) is 11.6 Å². The van der Waals surface area contributed by atoms with Crippen molar-refractivity contribution in [3.05, 3.63) is 93.9 Å². The second kappa shape index (κ2) is 7.82. The molecule has 0 unspecified atom stereocenters. The van der Waals surface area contributed by atoms with E-state index < -0.39 is 17.5 Å². The van der Waals surface area contributed by atoms with E-state index in [9.17, 15) is 18.4 Å². The molecule has 5 nitrogen and oxygen atoms in total. The van der Waals surface area contributed by atoms with Crippen LogP contribution in [0.4, 0.5) is 8.78 Å². The maximum absolute atomic E-state index is 13.7. The number of nitrogens with one attached hydrogen (secondary N) is 1. The van der Waals surface area contributed by atoms with Gasteiger partial charge in [0.25, 0.3) is 11.5 Å². The fourth-order valence-corrected chi connectivity index (χ4v) is 2.61. The van der Waals surface area contributed by atoms with E-state index in [1.807, 2.05) is 0 Å². The van der Waals surface area contributed by atoms with Crippen LogP contribution in [-0.4, -0.2) is 17.6 Å². The van der Waals surface area contributed by atoms with E-state index in [4.69, 9.17) is 4.74 Å². The van der Waals surface area contributed by atoms with Crippen molar-refractivity contribution in [3.8, 4) is 11.4 Å². The van der Waals surface area contributed by atoms with E-state index in [2.05, 4.69) is 5.32 Å². The Hall–Kier alpha value is -3.48. The molecule has 2 aromatic carbocycles. The first kappa shape index (κ1) is 18.3. The van der Waals surface area contributed by atoms with Crippen LogP contribution < -0.4 is 15.6 Å². The molecule has 0 bridgehead atoms. The first-order valence-corrected chi connectivity index (χ1v) is 8.08. The van der Waals surface area contributed by atoms with Gasteiger partial charge in [0.2, 0.25) is 0 Å². The first-order valence-electron chi connectivity index (χ1n) is 8.08. The van der Waals surface area contributed by atoms with Gasteiger partial charge in [-0.3, -0.25) is 14.2 Å². The Morgan fingerprint density at radius 3 is 2.37 bits per heavy atom. The summed E-state index contributed by atoms with van der Waals surface area (Å²) in [5.41, 5.74) is 0.00741. The lowest BCUT2D eigenvalue weighted by atomic mass is 10.1. The minimum absolute atomic E-state index is 0.0673. The Bertz CT molecular complexity index is 1010. The summed E-state index contributed by atoms with van der Waals surface area (Å²) in [7, 11) is 1.33. The van der Waals surface area contributed by atoms with E-state index in [-0.39, 0.29) is 29.0 Å². The van der Waals surface area contributed by atoms with Gasteiger partial charge >= 0.3 is 0 Å². The molecule has 0 saturated carbocycles. The Balaban J connectivity index is 1.93. The molecule has 0 spiro atoms. The molecule has 0 saturated heterocycles. The third-order valence-corrected chi connectivity index (χ3v) is 4.00. The van der Waals surface area contributed by atoms with Crippen LogP contribution in [0.1, 0.15) is 15.9 Å². The highest BCUT2D eigenvalue weighted by molar-refractivity contribution is 5.96. The number of ether oxygens (including phenoxy) is 1. The Morgan fingerprint density at radius 1 is 1.07 bits per heavy atom. The van der Waals surface area contributed by atoms with Crippen molar-refractivity contribution in [2.45, 2.75) is 6.54 Å². The minimum atomic E-state index is -0.753. The van der Waals surface area contributed by atoms with Gasteiger partial charge in [-0.05, 0) is 24.3 Å². The highest BCUT2D eigenvalue weighted by Gasteiger charge is 2.17. The van der Waals surface area contributed by atoms with Gasteiger partial charge in [0, 0.05) is 30.1 Å². The molecule has 0 aliphatic rings. The molecule has 3 rings (SSSR count). The topological polar surface area (TPSA) is 60.3 Å². The van der Waals surface area contributed by atoms with E-state index >= 15 is 0 Å². The Labute approximate surface area is 153 Å². The molecular formula is C20H16F2N2O3. The SMILES string of the molecule is COc1cc(=O)n(-c2ccccc2)cc1C(=O)NCc1c(F)cccc1F. The summed E-state index contributed by atoms with van der Waals surface area (Å²) < 4.78 is 33.9. The van der Waals surface area contributed by atoms with Crippen molar-refractivity contribution in [2.75, 3.05) is 7.11 Å². The number of nitrogens with zero attached hydrogens (tertiary/aromatic N) is 1. The van der Waals surface area contributed by atoms with E-state index in [0.29, 0.717) is 5.69 Å². The molecule has 7 heteroatoms. The number of para-hydroxylation sites is 1. The van der Waals surface area contributed by atoms with E-state index in [1.165, 1.54) is 30.0 Å². The molecular weight excluding hydrogens is 354 g/mol. The summed E-state index contributed by atoms with van der Waals surface area (Å²) in [6, 6.07) is 13.4. The van der Waals surface area contributed by atoms with Crippen LogP contribution in [0.2, 0.25) is 0 Å². The van der Waals surface area contributed by atoms with Crippen molar-refractivity contribution in [2.24, 2.45) is 0 Å². The maximum atomic E-state index is 13.7. The zero-order chi connectivity index (χ0) is 19.4. The number of rotatable bonds is 5. The van der Waals surface area contributed by atoms with Crippen LogP contribution >= 0.6 is 0 Å². The normalized spacial score (nSPS) is 10.5. The van der Waals surface area contributed by atoms with E-state index in [1.54, 1.807) is 30.3 Å². The summed E-state index contributed by atoms with van der Waals surface area (Å²) in [6.07, 6.45) is 1.34. The molecule has 1 amide bonds. The molecule has 3 aromatic rings. The molecule has 0 aliphatic heterocycles. The van der Waals surface area contributed by atoms with Gasteiger partial charge in [-0.2, -0.15) is 0 Å². The Morgan fingerprint density at radius 2 is 1.74 bits per heavy atom. The van der Waals surface area contributed by atoms with Crippen molar-refractivity contribution in [1.82, 2.24) is 9.88 Å². The van der Waals surface area contributed by atoms with Gasteiger partial charge in [-0.25, -0.2) is 8.78 Å². The smallest absolute Gasteiger partial charge is 0.258 e. The number of aromatic nitrogens is 1. The van der Waals surface area contributed by atoms with Gasteiger partial charge in [0.15, 0.2) is 0 Å². The monoisotopic (exact) mass is 370 g/mol. The van der Waals surface area contributed by atoms with Crippen molar-refractivity contribution in [3.63, 3.8) is 0 Å². The third kappa shape index (κ3) is 3.87. The average molecular weight is 370 g/mol. The number of methoxy groups -OCH3 is 1. The Kier molecular flexibility index (Phi) is 5.30. The van der Waals surface area contributed by atoms with Crippen LogP contribution in [-0.2, 0) is 6.54 Å². The zero-order valence-electron chi connectivity index (χ0n) is 14.4. The van der Waals surface area contributed by atoms with Crippen LogP contribution in [0.3, 0.4) is 0 Å². The maximum Gasteiger partial charge on any atom is 0.258 e. The molecule has 0 radical (unpaired) electrons. The second-order valence-corrected chi connectivity index (χ2v) is 5.68. The second-order valence-electron chi connectivity index (χ2n) is 5.68. The summed E-state index contributed by atoms with van der Waals surface area (Å²) in [5, 5.41) is 2.46. The molecule has 1 heterocycles. The van der Waals surface area contributed by atoms with Gasteiger partial charge in [-0.1, -0.05) is 24.3 Å². The fraction of sp³-hybridized carbons (Fsp3) is 0.100. The average Bonchev–Trinajstić information content (AvgIpc) is 2.67. The summed E-state index contributed by atoms with van der Waals surface area (Å²) >= 11 is 0. The fourth-order valence-electron chi connectivity index (χ4n) is 2.61. The lowest BCUT2D eigenvalue weighted by Crippen LogP contribution is -2.27. The number of halogens is 2. The predicted molar refractivity (Wildman–Crippen MR) is 96.1 cm³/mol. The highest BCUT2D eigenvalue weighted by atomic mass is 19.1. The molecule has 138 valence electrons. The number of hydrogen-bond acceptors (Lipinski definition) is 3. The summed E-state index contributed by atoms with van der Waals surface area (Å²) in [5.74, 6) is -2.06. The number of amides is 1. The van der Waals surface area contributed by atoms with Gasteiger partial charge in [0.05, 0.1) is 12.7 Å². The zero-order valence-corrected chi connectivity index (χ0v) is 14.4. The lowest BCUT2D eigenvalue weighted by Gasteiger charge is -2.13. The first-order chi connectivity index (χ1) is 13.0. The molecule has 1 aromatic heterocycles. The third-order valence-electron chi connectivity index (χ3n) is 4.00. The van der Waals surface area contributed by atoms with Crippen LogP contribution in [0.5, 0.6) is 5.75 Å². The predicted octanol–water partition coefficient (Wildman–Crippen LogP) is 3.05. The highest BCUT2D eigenvalue weighted by Crippen LogP contribution is 2.18. The number of benzene rings is 2. The molecule has 1 N–H and O–H groups in total. The summed E-state index contributed by atoms with van der Waals surface area (Å²) in [4.78, 5) is 24.9. The van der Waals surface area contributed by atoms with Crippen molar-refractivity contribution >= 4 is 5.91 Å². The number of pyridine rings is 1. The number of carbonyl (C=O) groups is 1. The van der Waals surface area contributed by atoms with Gasteiger partial charge < -0.3 is 10.1 Å². The number of carbonyl (C=O) groups excluding carboxylic acids is 1. The van der Waals surface area contributed by atoms with Gasteiger partial charge in [-0.15, -0.1) is 0 Å². The largest absolute Gasteiger partial charge is 0.496 e. The van der Waals surface area contributed by atoms with Crippen molar-refractivity contribution in [1.29, 1.82) is 0 Å². The van der Waals surface area contributed by atoms with Gasteiger partial charge in [0.1, 0.15) is 17.4 Å². The standard InChI is InChI=1S/C20H16F2N2O3/c1-27-18-10-19(25)24(13-6-3-2-4-7-13)12-15(18)20(26)23-11-14-16(21)8-5-9-17(14)22/h2-10,12H,11H2,1H3,(H,23,26). The molecule has 0 atom stereocenters. The van der Waals surface area contributed by atoms with Crippen molar-refractivity contribution < 1.29 is 18.3 Å². The van der Waals surface area contributed by atoms with E-state index in [0.717, 1.165) is 12.1 Å². The van der Waals surface area contributed by atoms with Crippen LogP contribution in [0.15, 0.2) is 65.6 Å². The molecule has 0 aliphatic carbocycles. The quantitative estimate of drug-likeness (QED) is 0.751. The van der Waals surface area contributed by atoms with Crippen LogP contribution in [0.25, 0.3) is 5.69 Å². The minimum Gasteiger partial charge on any atom is -0.496 e. The summed E-state index contributed by atoms with van der Waals surface area (Å²) in [6.45, 7) is -0.342. The molecule has 27 heavy (non-hydrogen) atoms. The number of hydrogen-bond donors (Lipinski definition) is 1. The lowest BCUT2D eigenvalue weighted by molar-refractivity contribution is 0.0946. The molecule has 0 fully saturated rings.